The second kappa shape index (κ2) is 5.16. The minimum absolute atomic E-state index is 0.0367. The van der Waals surface area contributed by atoms with Crippen LogP contribution in [0.15, 0.2) is 16.6 Å². The van der Waals surface area contributed by atoms with Gasteiger partial charge in [-0.3, -0.25) is 0 Å². The van der Waals surface area contributed by atoms with Crippen LogP contribution in [-0.2, 0) is 4.74 Å². The number of rotatable bonds is 2. The molecule has 0 saturated carbocycles. The molecule has 0 amide bonds. The van der Waals surface area contributed by atoms with Crippen molar-refractivity contribution in [3.05, 3.63) is 11.6 Å². The molecule has 0 bridgehead atoms. The van der Waals surface area contributed by atoms with Crippen LogP contribution in [-0.4, -0.2) is 31.3 Å². The molecule has 1 aliphatic heterocycles. The average molecular weight is 211 g/mol. The molecule has 15 heavy (non-hydrogen) atoms. The molecule has 0 unspecified atom stereocenters. The van der Waals surface area contributed by atoms with Crippen molar-refractivity contribution >= 4 is 5.96 Å². The first-order chi connectivity index (χ1) is 6.97. The molecule has 1 heterocycles. The first-order valence-corrected chi connectivity index (χ1v) is 5.31. The van der Waals surface area contributed by atoms with Crippen molar-refractivity contribution in [2.45, 2.75) is 32.7 Å². The molecule has 3 N–H and O–H groups in total. The van der Waals surface area contributed by atoms with Crippen LogP contribution in [0.1, 0.15) is 27.2 Å². The molecule has 4 heteroatoms. The van der Waals surface area contributed by atoms with E-state index < -0.39 is 0 Å². The van der Waals surface area contributed by atoms with Crippen molar-refractivity contribution in [1.82, 2.24) is 5.32 Å². The lowest BCUT2D eigenvalue weighted by Gasteiger charge is -2.21. The molecule has 0 saturated heterocycles. The minimum atomic E-state index is -0.0367. The number of hydrogen-bond donors (Lipinski definition) is 2. The van der Waals surface area contributed by atoms with Gasteiger partial charge in [0.25, 0.3) is 0 Å². The van der Waals surface area contributed by atoms with E-state index in [-0.39, 0.29) is 5.54 Å². The van der Waals surface area contributed by atoms with Crippen LogP contribution in [0.4, 0.5) is 0 Å². The van der Waals surface area contributed by atoms with Crippen molar-refractivity contribution in [3.63, 3.8) is 0 Å². The van der Waals surface area contributed by atoms with Crippen molar-refractivity contribution in [2.75, 3.05) is 19.8 Å². The van der Waals surface area contributed by atoms with Crippen LogP contribution < -0.4 is 11.1 Å². The van der Waals surface area contributed by atoms with Gasteiger partial charge in [0.1, 0.15) is 0 Å². The normalized spacial score (nSPS) is 18.6. The highest BCUT2D eigenvalue weighted by atomic mass is 16.5. The molecule has 0 aromatic carbocycles. The molecule has 4 nitrogen and oxygen atoms in total. The Morgan fingerprint density at radius 3 is 2.87 bits per heavy atom. The van der Waals surface area contributed by atoms with Crippen molar-refractivity contribution < 1.29 is 4.74 Å². The lowest BCUT2D eigenvalue weighted by molar-refractivity contribution is 0.150. The monoisotopic (exact) mass is 211 g/mol. The summed E-state index contributed by atoms with van der Waals surface area (Å²) in [6.45, 7) is 8.30. The molecular formula is C11H21N3O. The second-order valence-corrected chi connectivity index (χ2v) is 4.78. The molecule has 0 spiro atoms. The number of aliphatic imine (C=N–C) groups is 1. The number of nitrogens with two attached hydrogens (primary N) is 1. The standard InChI is InChI=1S/C11H21N3O/c1-11(2,3)14-10(12)13-7-9-5-4-6-15-8-9/h5H,4,6-8H2,1-3H3,(H3,12,13,14). The van der Waals surface area contributed by atoms with Gasteiger partial charge < -0.3 is 15.8 Å². The molecule has 0 atom stereocenters. The Bertz CT molecular complexity index is 263. The maximum Gasteiger partial charge on any atom is 0.189 e. The van der Waals surface area contributed by atoms with Crippen molar-refractivity contribution in [1.29, 1.82) is 0 Å². The van der Waals surface area contributed by atoms with Gasteiger partial charge in [-0.05, 0) is 32.8 Å². The zero-order chi connectivity index (χ0) is 11.3. The second-order valence-electron chi connectivity index (χ2n) is 4.78. The first-order valence-electron chi connectivity index (χ1n) is 5.31. The summed E-state index contributed by atoms with van der Waals surface area (Å²) < 4.78 is 5.32. The Labute approximate surface area is 91.6 Å². The quantitative estimate of drug-likeness (QED) is 0.407. The topological polar surface area (TPSA) is 59.6 Å². The molecule has 86 valence electrons. The Hall–Kier alpha value is -1.03. The number of guanidine groups is 1. The zero-order valence-electron chi connectivity index (χ0n) is 9.84. The third kappa shape index (κ3) is 5.42. The van der Waals surface area contributed by atoms with E-state index in [2.05, 4.69) is 37.2 Å². The molecule has 0 aliphatic carbocycles. The van der Waals surface area contributed by atoms with Crippen LogP contribution in [0.5, 0.6) is 0 Å². The van der Waals surface area contributed by atoms with Gasteiger partial charge in [0, 0.05) is 5.54 Å². The Kier molecular flexibility index (Phi) is 4.15. The van der Waals surface area contributed by atoms with E-state index in [0.29, 0.717) is 19.1 Å². The fourth-order valence-electron chi connectivity index (χ4n) is 1.33. The van der Waals surface area contributed by atoms with E-state index in [1.54, 1.807) is 0 Å². The summed E-state index contributed by atoms with van der Waals surface area (Å²) in [7, 11) is 0. The molecule has 0 aromatic rings. The van der Waals surface area contributed by atoms with E-state index in [9.17, 15) is 0 Å². The third-order valence-electron chi connectivity index (χ3n) is 1.94. The Balaban J connectivity index is 2.39. The van der Waals surface area contributed by atoms with Gasteiger partial charge in [-0.15, -0.1) is 0 Å². The van der Waals surface area contributed by atoms with E-state index in [1.165, 1.54) is 5.57 Å². The van der Waals surface area contributed by atoms with Gasteiger partial charge in [0.05, 0.1) is 19.8 Å². The summed E-state index contributed by atoms with van der Waals surface area (Å²) in [5, 5.41) is 3.12. The summed E-state index contributed by atoms with van der Waals surface area (Å²) in [5.74, 6) is 0.494. The van der Waals surface area contributed by atoms with E-state index >= 15 is 0 Å². The molecular weight excluding hydrogens is 190 g/mol. The fraction of sp³-hybridized carbons (Fsp3) is 0.727. The summed E-state index contributed by atoms with van der Waals surface area (Å²) in [5.41, 5.74) is 6.92. The van der Waals surface area contributed by atoms with Crippen LogP contribution in [0.3, 0.4) is 0 Å². The molecule has 0 aromatic heterocycles. The van der Waals surface area contributed by atoms with Gasteiger partial charge in [0.15, 0.2) is 5.96 Å². The van der Waals surface area contributed by atoms with Gasteiger partial charge in [0.2, 0.25) is 0 Å². The van der Waals surface area contributed by atoms with E-state index in [0.717, 1.165) is 13.0 Å². The number of nitrogens with zero attached hydrogens (tertiary/aromatic N) is 1. The zero-order valence-corrected chi connectivity index (χ0v) is 9.84. The summed E-state index contributed by atoms with van der Waals surface area (Å²) >= 11 is 0. The predicted octanol–water partition coefficient (Wildman–Crippen LogP) is 1.04. The molecule has 0 fully saturated rings. The van der Waals surface area contributed by atoms with Crippen LogP contribution in [0, 0.1) is 0 Å². The lowest BCUT2D eigenvalue weighted by atomic mass is 10.1. The predicted molar refractivity (Wildman–Crippen MR) is 62.9 cm³/mol. The third-order valence-corrected chi connectivity index (χ3v) is 1.94. The highest BCUT2D eigenvalue weighted by Gasteiger charge is 2.10. The molecule has 1 aliphatic rings. The van der Waals surface area contributed by atoms with Crippen LogP contribution in [0.25, 0.3) is 0 Å². The highest BCUT2D eigenvalue weighted by molar-refractivity contribution is 5.78. The maximum absolute atomic E-state index is 5.75. The number of nitrogens with one attached hydrogen (secondary N) is 1. The van der Waals surface area contributed by atoms with Crippen molar-refractivity contribution in [3.8, 4) is 0 Å². The summed E-state index contributed by atoms with van der Waals surface area (Å²) in [6, 6.07) is 0. The van der Waals surface area contributed by atoms with Gasteiger partial charge in [-0.1, -0.05) is 6.08 Å². The van der Waals surface area contributed by atoms with E-state index in [1.807, 2.05) is 0 Å². The van der Waals surface area contributed by atoms with Crippen LogP contribution >= 0.6 is 0 Å². The summed E-state index contributed by atoms with van der Waals surface area (Å²) in [6.07, 6.45) is 3.16. The Morgan fingerprint density at radius 1 is 1.60 bits per heavy atom. The van der Waals surface area contributed by atoms with E-state index in [4.69, 9.17) is 10.5 Å². The van der Waals surface area contributed by atoms with Crippen LogP contribution in [0.2, 0.25) is 0 Å². The number of hydrogen-bond acceptors (Lipinski definition) is 2. The fourth-order valence-corrected chi connectivity index (χ4v) is 1.33. The lowest BCUT2D eigenvalue weighted by Crippen LogP contribution is -2.45. The highest BCUT2D eigenvalue weighted by Crippen LogP contribution is 2.05. The summed E-state index contributed by atoms with van der Waals surface area (Å²) in [4.78, 5) is 4.27. The average Bonchev–Trinajstić information content (AvgIpc) is 2.14. The maximum atomic E-state index is 5.75. The molecule has 1 rings (SSSR count). The SMILES string of the molecule is CC(C)(C)NC(N)=NCC1=CCCOC1. The van der Waals surface area contributed by atoms with Crippen molar-refractivity contribution in [2.24, 2.45) is 10.7 Å². The molecule has 0 radical (unpaired) electrons. The smallest absolute Gasteiger partial charge is 0.189 e. The van der Waals surface area contributed by atoms with Gasteiger partial charge in [-0.25, -0.2) is 4.99 Å². The first kappa shape index (κ1) is 12.0. The Morgan fingerprint density at radius 2 is 2.33 bits per heavy atom. The largest absolute Gasteiger partial charge is 0.377 e. The van der Waals surface area contributed by atoms with Gasteiger partial charge in [-0.2, -0.15) is 0 Å². The van der Waals surface area contributed by atoms with Gasteiger partial charge >= 0.3 is 0 Å². The number of ether oxygens (including phenoxy) is 1. The minimum Gasteiger partial charge on any atom is -0.377 e.